The minimum Gasteiger partial charge on any atom is -0.361 e. The molecule has 5 N–H and O–H groups in total. The van der Waals surface area contributed by atoms with Crippen LogP contribution in [-0.2, 0) is 27.7 Å². The number of aromatic nitrogens is 1. The number of benzene rings is 2. The Bertz CT molecular complexity index is 1280. The lowest BCUT2D eigenvalue weighted by molar-refractivity contribution is -0.124. The molecule has 8 nitrogen and oxygen atoms in total. The number of carbonyl (C=O) groups excluding carboxylic acids is 1. The maximum absolute atomic E-state index is 11.8. The third kappa shape index (κ3) is 5.88. The quantitative estimate of drug-likeness (QED) is 0.187. The number of nitrogens with one attached hydrogen (secondary N) is 4. The molecule has 0 saturated carbocycles. The largest absolute Gasteiger partial charge is 0.361 e. The zero-order chi connectivity index (χ0) is 23.4. The lowest BCUT2D eigenvalue weighted by Gasteiger charge is -2.24. The number of carbonyl (C=O) groups is 1. The van der Waals surface area contributed by atoms with Crippen LogP contribution in [0.4, 0.5) is 0 Å². The third-order valence-electron chi connectivity index (χ3n) is 5.95. The van der Waals surface area contributed by atoms with Crippen molar-refractivity contribution in [1.29, 1.82) is 0 Å². The van der Waals surface area contributed by atoms with Gasteiger partial charge in [-0.3, -0.25) is 10.0 Å². The van der Waals surface area contributed by atoms with E-state index in [1.54, 1.807) is 11.6 Å². The maximum atomic E-state index is 11.8. The number of fused-ring (bicyclic) bond motifs is 2. The number of hydrogen-bond donors (Lipinski definition) is 5. The summed E-state index contributed by atoms with van der Waals surface area (Å²) in [5.74, 6) is -0.575. The summed E-state index contributed by atoms with van der Waals surface area (Å²) in [6.45, 7) is 0.293. The first-order valence-corrected chi connectivity index (χ1v) is 12.7. The van der Waals surface area contributed by atoms with Crippen LogP contribution in [-0.4, -0.2) is 43.4 Å². The van der Waals surface area contributed by atoms with Gasteiger partial charge in [-0.25, -0.2) is 18.6 Å². The van der Waals surface area contributed by atoms with Crippen molar-refractivity contribution in [2.24, 2.45) is 0 Å². The smallest absolute Gasteiger partial charge is 0.267 e. The zero-order valence-electron chi connectivity index (χ0n) is 18.3. The highest BCUT2D eigenvalue weighted by Crippen LogP contribution is 2.33. The predicted octanol–water partition coefficient (Wildman–Crippen LogP) is 2.42. The first kappa shape index (κ1) is 23.2. The van der Waals surface area contributed by atoms with Crippen molar-refractivity contribution in [3.8, 4) is 0 Å². The van der Waals surface area contributed by atoms with Crippen LogP contribution in [0.3, 0.4) is 0 Å². The van der Waals surface area contributed by atoms with Gasteiger partial charge >= 0.3 is 0 Å². The Kier molecular flexibility index (Phi) is 6.94. The summed E-state index contributed by atoms with van der Waals surface area (Å²) in [7, 11) is -3.31. The van der Waals surface area contributed by atoms with Crippen LogP contribution in [0, 0.1) is 0 Å². The number of para-hydroxylation sites is 1. The summed E-state index contributed by atoms with van der Waals surface area (Å²) in [5.41, 5.74) is 7.04. The number of hydroxylamine groups is 1. The number of H-pyrrole nitrogens is 1. The van der Waals surface area contributed by atoms with Gasteiger partial charge in [0.2, 0.25) is 10.0 Å². The molecular weight excluding hydrogens is 440 g/mol. The molecule has 174 valence electrons. The van der Waals surface area contributed by atoms with Gasteiger partial charge in [0.05, 0.1) is 6.26 Å². The highest BCUT2D eigenvalue weighted by Gasteiger charge is 2.26. The van der Waals surface area contributed by atoms with E-state index >= 15 is 0 Å². The predicted molar refractivity (Wildman–Crippen MR) is 128 cm³/mol. The summed E-state index contributed by atoms with van der Waals surface area (Å²) < 4.78 is 26.2. The van der Waals surface area contributed by atoms with Gasteiger partial charge in [0.15, 0.2) is 0 Å². The van der Waals surface area contributed by atoms with Gasteiger partial charge in [0.25, 0.3) is 5.91 Å². The molecule has 2 unspecified atom stereocenters. The van der Waals surface area contributed by atoms with Crippen molar-refractivity contribution in [2.45, 2.75) is 31.3 Å². The summed E-state index contributed by atoms with van der Waals surface area (Å²) in [6, 6.07) is 14.1. The van der Waals surface area contributed by atoms with Crippen LogP contribution in [0.15, 0.2) is 54.7 Å². The normalized spacial score (nSPS) is 16.8. The van der Waals surface area contributed by atoms with Crippen molar-refractivity contribution in [3.63, 3.8) is 0 Å². The SMILES string of the molecule is CS(=O)(=O)NCC(Cc1c[nH]c2ccccc12)NC1CCc2cc(C=CC(=O)NO)ccc21. The minimum atomic E-state index is -3.31. The fraction of sp³-hybridized carbons (Fsp3) is 0.292. The van der Waals surface area contributed by atoms with E-state index in [-0.39, 0.29) is 12.1 Å². The summed E-state index contributed by atoms with van der Waals surface area (Å²) in [5, 5.41) is 13.4. The molecule has 2 aromatic carbocycles. The van der Waals surface area contributed by atoms with Crippen molar-refractivity contribution in [3.05, 3.63) is 77.0 Å². The van der Waals surface area contributed by atoms with E-state index in [2.05, 4.69) is 21.1 Å². The van der Waals surface area contributed by atoms with Gasteiger partial charge in [-0.15, -0.1) is 0 Å². The second-order valence-corrected chi connectivity index (χ2v) is 10.2. The van der Waals surface area contributed by atoms with Crippen molar-refractivity contribution in [2.75, 3.05) is 12.8 Å². The van der Waals surface area contributed by atoms with E-state index in [1.807, 2.05) is 42.6 Å². The fourth-order valence-electron chi connectivity index (χ4n) is 4.42. The first-order chi connectivity index (χ1) is 15.8. The van der Waals surface area contributed by atoms with Crippen LogP contribution in [0.5, 0.6) is 0 Å². The molecule has 1 aliphatic carbocycles. The van der Waals surface area contributed by atoms with E-state index in [0.717, 1.165) is 34.9 Å². The molecule has 2 atom stereocenters. The van der Waals surface area contributed by atoms with Gasteiger partial charge in [-0.05, 0) is 53.7 Å². The van der Waals surface area contributed by atoms with E-state index < -0.39 is 15.9 Å². The molecule has 0 radical (unpaired) electrons. The molecule has 3 aromatic rings. The number of aryl methyl sites for hydroxylation is 1. The number of hydrogen-bond acceptors (Lipinski definition) is 5. The van der Waals surface area contributed by atoms with Gasteiger partial charge in [0.1, 0.15) is 0 Å². The molecule has 33 heavy (non-hydrogen) atoms. The van der Waals surface area contributed by atoms with Gasteiger partial charge in [0, 0.05) is 41.8 Å². The molecule has 0 fully saturated rings. The second-order valence-electron chi connectivity index (χ2n) is 8.41. The summed E-state index contributed by atoms with van der Waals surface area (Å²) in [6.07, 6.45) is 8.57. The fourth-order valence-corrected chi connectivity index (χ4v) is 4.92. The van der Waals surface area contributed by atoms with Crippen LogP contribution in [0.2, 0.25) is 0 Å². The van der Waals surface area contributed by atoms with Crippen LogP contribution < -0.4 is 15.5 Å². The molecule has 1 amide bonds. The van der Waals surface area contributed by atoms with E-state index in [9.17, 15) is 13.2 Å². The third-order valence-corrected chi connectivity index (χ3v) is 6.64. The number of amides is 1. The summed E-state index contributed by atoms with van der Waals surface area (Å²) in [4.78, 5) is 14.5. The highest BCUT2D eigenvalue weighted by atomic mass is 32.2. The lowest BCUT2D eigenvalue weighted by atomic mass is 10.0. The maximum Gasteiger partial charge on any atom is 0.267 e. The molecule has 1 aromatic heterocycles. The molecule has 0 saturated heterocycles. The molecule has 0 bridgehead atoms. The highest BCUT2D eigenvalue weighted by molar-refractivity contribution is 7.88. The standard InChI is InChI=1S/C24H28N4O4S/c1-33(31,32)26-15-19(13-18-14-25-22-5-3-2-4-20(18)22)27-23-10-8-17-12-16(6-9-21(17)23)7-11-24(29)28-30/h2-7,9,11-12,14,19,23,25-27,30H,8,10,13,15H2,1H3,(H,28,29). The van der Waals surface area contributed by atoms with Crippen molar-refractivity contribution < 1.29 is 18.4 Å². The monoisotopic (exact) mass is 468 g/mol. The van der Waals surface area contributed by atoms with Gasteiger partial charge in [-0.1, -0.05) is 36.4 Å². The van der Waals surface area contributed by atoms with E-state index in [1.165, 1.54) is 23.5 Å². The minimum absolute atomic E-state index is 0.0947. The van der Waals surface area contributed by atoms with Gasteiger partial charge in [-0.2, -0.15) is 0 Å². The van der Waals surface area contributed by atoms with E-state index in [0.29, 0.717) is 13.0 Å². The van der Waals surface area contributed by atoms with Crippen LogP contribution in [0.25, 0.3) is 17.0 Å². The molecule has 9 heteroatoms. The Labute approximate surface area is 193 Å². The lowest BCUT2D eigenvalue weighted by Crippen LogP contribution is -2.43. The Morgan fingerprint density at radius 2 is 2.09 bits per heavy atom. The Morgan fingerprint density at radius 3 is 2.88 bits per heavy atom. The average molecular weight is 469 g/mol. The number of sulfonamides is 1. The molecular formula is C24H28N4O4S. The van der Waals surface area contributed by atoms with Gasteiger partial charge < -0.3 is 10.3 Å². The Morgan fingerprint density at radius 1 is 1.27 bits per heavy atom. The van der Waals surface area contributed by atoms with Crippen molar-refractivity contribution >= 4 is 32.9 Å². The molecule has 4 rings (SSSR count). The number of rotatable bonds is 9. The summed E-state index contributed by atoms with van der Waals surface area (Å²) >= 11 is 0. The van der Waals surface area contributed by atoms with Crippen LogP contribution >= 0.6 is 0 Å². The Balaban J connectivity index is 1.52. The number of aromatic amines is 1. The topological polar surface area (TPSA) is 123 Å². The molecule has 0 aliphatic heterocycles. The Hall–Kier alpha value is -2.98. The molecule has 1 heterocycles. The first-order valence-electron chi connectivity index (χ1n) is 10.8. The van der Waals surface area contributed by atoms with Crippen LogP contribution in [0.1, 0.15) is 34.7 Å². The average Bonchev–Trinajstić information content (AvgIpc) is 3.39. The zero-order valence-corrected chi connectivity index (χ0v) is 19.2. The van der Waals surface area contributed by atoms with E-state index in [4.69, 9.17) is 5.21 Å². The molecule has 0 spiro atoms. The second kappa shape index (κ2) is 9.88. The van der Waals surface area contributed by atoms with Crippen molar-refractivity contribution in [1.82, 2.24) is 20.5 Å². The molecule has 1 aliphatic rings.